The van der Waals surface area contributed by atoms with Gasteiger partial charge in [0.2, 0.25) is 5.91 Å². The highest BCUT2D eigenvalue weighted by Crippen LogP contribution is 2.34. The lowest BCUT2D eigenvalue weighted by Gasteiger charge is -2.18. The summed E-state index contributed by atoms with van der Waals surface area (Å²) in [7, 11) is 0. The van der Waals surface area contributed by atoms with E-state index in [1.54, 1.807) is 23.1 Å². The van der Waals surface area contributed by atoms with Crippen LogP contribution in [0.3, 0.4) is 0 Å². The minimum Gasteiger partial charge on any atom is -0.323 e. The first kappa shape index (κ1) is 19.5. The number of hydrogen-bond donors (Lipinski definition) is 0. The molecule has 4 nitrogen and oxygen atoms in total. The van der Waals surface area contributed by atoms with Crippen LogP contribution in [0.15, 0.2) is 66.7 Å². The molecule has 0 aliphatic carbocycles. The molecular weight excluding hydrogens is 389 g/mol. The molecule has 0 unspecified atom stereocenters. The van der Waals surface area contributed by atoms with Gasteiger partial charge in [-0.3, -0.25) is 4.79 Å². The number of fused-ring (bicyclic) bond motifs is 1. The first-order valence-electron chi connectivity index (χ1n) is 10.6. The van der Waals surface area contributed by atoms with E-state index in [1.807, 2.05) is 18.2 Å². The Labute approximate surface area is 181 Å². The average molecular weight is 413 g/mol. The summed E-state index contributed by atoms with van der Waals surface area (Å²) in [6, 6.07) is 21.0. The second kappa shape index (κ2) is 7.65. The molecule has 3 aromatic carbocycles. The van der Waals surface area contributed by atoms with Gasteiger partial charge in [-0.25, -0.2) is 9.37 Å². The van der Waals surface area contributed by atoms with Crippen molar-refractivity contribution in [2.24, 2.45) is 0 Å². The van der Waals surface area contributed by atoms with Gasteiger partial charge < -0.3 is 9.47 Å². The van der Waals surface area contributed by atoms with Crippen LogP contribution in [-0.2, 0) is 11.3 Å². The van der Waals surface area contributed by atoms with Crippen LogP contribution < -0.4 is 4.90 Å². The maximum atomic E-state index is 14.3. The van der Waals surface area contributed by atoms with E-state index in [1.165, 1.54) is 22.8 Å². The molecule has 1 aliphatic rings. The Balaban J connectivity index is 1.56. The zero-order chi connectivity index (χ0) is 21.5. The number of benzene rings is 3. The fourth-order valence-electron chi connectivity index (χ4n) is 4.50. The van der Waals surface area contributed by atoms with Gasteiger partial charge in [0, 0.05) is 25.4 Å². The molecule has 0 N–H and O–H groups in total. The lowest BCUT2D eigenvalue weighted by molar-refractivity contribution is -0.117. The maximum absolute atomic E-state index is 14.3. The molecule has 31 heavy (non-hydrogen) atoms. The van der Waals surface area contributed by atoms with Crippen LogP contribution in [0.5, 0.6) is 0 Å². The third-order valence-electron chi connectivity index (χ3n) is 6.15. The van der Waals surface area contributed by atoms with Gasteiger partial charge in [-0.2, -0.15) is 0 Å². The van der Waals surface area contributed by atoms with Crippen LogP contribution in [0.4, 0.5) is 10.1 Å². The van der Waals surface area contributed by atoms with E-state index < -0.39 is 0 Å². The number of carbonyl (C=O) groups is 1. The van der Waals surface area contributed by atoms with Crippen molar-refractivity contribution in [3.05, 3.63) is 95.1 Å². The average Bonchev–Trinajstić information content (AvgIpc) is 3.32. The van der Waals surface area contributed by atoms with Gasteiger partial charge in [0.15, 0.2) is 0 Å². The Hall–Kier alpha value is -3.47. The molecule has 1 saturated heterocycles. The molecule has 5 rings (SSSR count). The van der Waals surface area contributed by atoms with E-state index in [0.717, 1.165) is 16.9 Å². The molecule has 1 amide bonds. The molecule has 1 atom stereocenters. The molecule has 0 spiro atoms. The van der Waals surface area contributed by atoms with Crippen molar-refractivity contribution in [3.63, 3.8) is 0 Å². The van der Waals surface area contributed by atoms with Crippen molar-refractivity contribution in [1.82, 2.24) is 9.55 Å². The van der Waals surface area contributed by atoms with Gasteiger partial charge >= 0.3 is 0 Å². The molecule has 1 aromatic heterocycles. The second-order valence-corrected chi connectivity index (χ2v) is 8.33. The van der Waals surface area contributed by atoms with E-state index in [0.29, 0.717) is 25.2 Å². The van der Waals surface area contributed by atoms with Crippen LogP contribution in [0.1, 0.15) is 34.9 Å². The second-order valence-electron chi connectivity index (χ2n) is 8.33. The fourth-order valence-corrected chi connectivity index (χ4v) is 4.50. The van der Waals surface area contributed by atoms with Gasteiger partial charge in [-0.05, 0) is 49.2 Å². The van der Waals surface area contributed by atoms with E-state index in [9.17, 15) is 9.18 Å². The Morgan fingerprint density at radius 3 is 2.65 bits per heavy atom. The van der Waals surface area contributed by atoms with Crippen molar-refractivity contribution >= 4 is 22.6 Å². The number of para-hydroxylation sites is 3. The van der Waals surface area contributed by atoms with Gasteiger partial charge in [0.05, 0.1) is 16.7 Å². The molecule has 5 heteroatoms. The van der Waals surface area contributed by atoms with Crippen molar-refractivity contribution in [2.75, 3.05) is 11.4 Å². The van der Waals surface area contributed by atoms with Crippen LogP contribution in [0.2, 0.25) is 0 Å². The highest BCUT2D eigenvalue weighted by atomic mass is 19.1. The van der Waals surface area contributed by atoms with Crippen molar-refractivity contribution < 1.29 is 9.18 Å². The van der Waals surface area contributed by atoms with Crippen LogP contribution in [-0.4, -0.2) is 22.0 Å². The minimum absolute atomic E-state index is 0.0690. The van der Waals surface area contributed by atoms with Gasteiger partial charge in [-0.15, -0.1) is 0 Å². The van der Waals surface area contributed by atoms with Gasteiger partial charge in [0.25, 0.3) is 0 Å². The molecule has 0 radical (unpaired) electrons. The number of aromatic nitrogens is 2. The van der Waals surface area contributed by atoms with Crippen LogP contribution >= 0.6 is 0 Å². The number of nitrogens with zero attached hydrogens (tertiary/aromatic N) is 3. The summed E-state index contributed by atoms with van der Waals surface area (Å²) in [4.78, 5) is 19.3. The molecule has 2 heterocycles. The van der Waals surface area contributed by atoms with Crippen molar-refractivity contribution in [2.45, 2.75) is 32.7 Å². The summed E-state index contributed by atoms with van der Waals surface area (Å²) in [5.41, 5.74) is 5.99. The molecule has 1 fully saturated rings. The van der Waals surface area contributed by atoms with E-state index >= 15 is 0 Å². The van der Waals surface area contributed by atoms with E-state index in [-0.39, 0.29) is 17.6 Å². The third-order valence-corrected chi connectivity index (χ3v) is 6.15. The highest BCUT2D eigenvalue weighted by Gasteiger charge is 2.35. The summed E-state index contributed by atoms with van der Waals surface area (Å²) >= 11 is 0. The zero-order valence-electron chi connectivity index (χ0n) is 17.7. The normalized spacial score (nSPS) is 16.4. The first-order valence-corrected chi connectivity index (χ1v) is 10.6. The largest absolute Gasteiger partial charge is 0.323 e. The summed E-state index contributed by atoms with van der Waals surface area (Å²) in [6.07, 6.45) is 0.324. The van der Waals surface area contributed by atoms with E-state index in [2.05, 4.69) is 42.7 Å². The van der Waals surface area contributed by atoms with Gasteiger partial charge in [0.1, 0.15) is 11.6 Å². The predicted octanol–water partition coefficient (Wildman–Crippen LogP) is 5.36. The molecule has 156 valence electrons. The number of imidazole rings is 1. The standard InChI is InChI=1S/C26H24FN3O/c1-17-11-12-18(2)19(13-17)15-30-24-10-6-4-8-22(24)28-26(30)20-14-25(31)29(16-20)23-9-5-3-7-21(23)27/h3-13,20H,14-16H2,1-2H3/t20-/m0/s1. The lowest BCUT2D eigenvalue weighted by Crippen LogP contribution is -2.25. The summed E-state index contributed by atoms with van der Waals surface area (Å²) in [5.74, 6) is 0.347. The van der Waals surface area contributed by atoms with Gasteiger partial charge in [-0.1, -0.05) is 48.0 Å². The molecule has 0 saturated carbocycles. The third kappa shape index (κ3) is 3.50. The smallest absolute Gasteiger partial charge is 0.227 e. The SMILES string of the molecule is Cc1ccc(C)c(Cn2c([C@H]3CC(=O)N(c4ccccc4F)C3)nc3ccccc32)c1. The Morgan fingerprint density at radius 2 is 1.81 bits per heavy atom. The number of amides is 1. The molecular formula is C26H24FN3O. The molecule has 1 aliphatic heterocycles. The summed E-state index contributed by atoms with van der Waals surface area (Å²) < 4.78 is 16.6. The Bertz CT molecular complexity index is 1290. The topological polar surface area (TPSA) is 38.1 Å². The maximum Gasteiger partial charge on any atom is 0.227 e. The Kier molecular flexibility index (Phi) is 4.81. The minimum atomic E-state index is -0.375. The number of aryl methyl sites for hydroxylation is 2. The monoisotopic (exact) mass is 413 g/mol. The predicted molar refractivity (Wildman–Crippen MR) is 121 cm³/mol. The molecule has 4 aromatic rings. The van der Waals surface area contributed by atoms with E-state index in [4.69, 9.17) is 4.98 Å². The zero-order valence-corrected chi connectivity index (χ0v) is 17.7. The highest BCUT2D eigenvalue weighted by molar-refractivity contribution is 5.96. The van der Waals surface area contributed by atoms with Crippen molar-refractivity contribution in [1.29, 1.82) is 0 Å². The lowest BCUT2D eigenvalue weighted by atomic mass is 10.0. The number of carbonyl (C=O) groups excluding carboxylic acids is 1. The molecule has 0 bridgehead atoms. The van der Waals surface area contributed by atoms with Crippen LogP contribution in [0.25, 0.3) is 11.0 Å². The quantitative estimate of drug-likeness (QED) is 0.452. The fraction of sp³-hybridized carbons (Fsp3) is 0.231. The number of rotatable bonds is 4. The van der Waals surface area contributed by atoms with Crippen molar-refractivity contribution in [3.8, 4) is 0 Å². The van der Waals surface area contributed by atoms with Crippen LogP contribution in [0, 0.1) is 19.7 Å². The number of hydrogen-bond acceptors (Lipinski definition) is 2. The number of halogens is 1. The first-order chi connectivity index (χ1) is 15.0. The Morgan fingerprint density at radius 1 is 1.03 bits per heavy atom. The number of anilines is 1. The summed E-state index contributed by atoms with van der Waals surface area (Å²) in [5, 5.41) is 0. The summed E-state index contributed by atoms with van der Waals surface area (Å²) in [6.45, 7) is 5.33.